The lowest BCUT2D eigenvalue weighted by Crippen LogP contribution is -2.58. The molecule has 0 aliphatic carbocycles. The van der Waals surface area contributed by atoms with Crippen molar-refractivity contribution in [2.45, 2.75) is 50.8 Å². The zero-order valence-electron chi connectivity index (χ0n) is 9.87. The highest BCUT2D eigenvalue weighted by molar-refractivity contribution is 5.82. The van der Waals surface area contributed by atoms with E-state index in [0.29, 0.717) is 0 Å². The van der Waals surface area contributed by atoms with Crippen molar-refractivity contribution in [3.63, 3.8) is 0 Å². The Morgan fingerprint density at radius 3 is 2.07 bits per heavy atom. The molecule has 0 amide bonds. The highest BCUT2D eigenvalue weighted by Gasteiger charge is 2.65. The third-order valence-corrected chi connectivity index (χ3v) is 3.33. The van der Waals surface area contributed by atoms with Crippen LogP contribution < -0.4 is 0 Å². The molecule has 0 bridgehead atoms. The number of hydroxylamine groups is 2. The minimum absolute atomic E-state index is 0.135. The van der Waals surface area contributed by atoms with Gasteiger partial charge in [-0.2, -0.15) is 5.06 Å². The van der Waals surface area contributed by atoms with Crippen LogP contribution in [0.5, 0.6) is 0 Å². The van der Waals surface area contributed by atoms with Gasteiger partial charge in [-0.15, -0.1) is 0 Å². The molecule has 1 saturated heterocycles. The first-order valence-electron chi connectivity index (χ1n) is 4.89. The Morgan fingerprint density at radius 1 is 1.33 bits per heavy atom. The van der Waals surface area contributed by atoms with Gasteiger partial charge in [0.2, 0.25) is 0 Å². The first kappa shape index (κ1) is 12.4. The molecule has 0 saturated carbocycles. The van der Waals surface area contributed by atoms with Crippen molar-refractivity contribution in [1.29, 1.82) is 0 Å². The van der Waals surface area contributed by atoms with E-state index in [0.717, 1.165) is 5.06 Å². The van der Waals surface area contributed by atoms with E-state index in [4.69, 9.17) is 0 Å². The van der Waals surface area contributed by atoms with Crippen LogP contribution in [0.25, 0.3) is 0 Å². The van der Waals surface area contributed by atoms with Gasteiger partial charge in [0.05, 0.1) is 12.6 Å². The Labute approximate surface area is 89.6 Å². The molecule has 0 radical (unpaired) electrons. The molecule has 5 nitrogen and oxygen atoms in total. The van der Waals surface area contributed by atoms with Gasteiger partial charge in [0.25, 0.3) is 0 Å². The molecule has 0 spiro atoms. The van der Waals surface area contributed by atoms with E-state index in [1.807, 2.05) is 0 Å². The second-order valence-corrected chi connectivity index (χ2v) is 5.21. The van der Waals surface area contributed by atoms with Crippen LogP contribution in [0.4, 0.5) is 0 Å². The molecule has 1 unspecified atom stereocenters. The van der Waals surface area contributed by atoms with Crippen LogP contribution in [0.2, 0.25) is 0 Å². The van der Waals surface area contributed by atoms with Gasteiger partial charge >= 0.3 is 5.97 Å². The van der Waals surface area contributed by atoms with Crippen LogP contribution in [-0.2, 0) is 9.53 Å². The van der Waals surface area contributed by atoms with E-state index in [1.165, 1.54) is 7.11 Å². The van der Waals surface area contributed by atoms with Crippen molar-refractivity contribution >= 4 is 5.97 Å². The Morgan fingerprint density at radius 2 is 1.80 bits per heavy atom. The standard InChI is InChI=1S/C10H19NO4/c1-8(2)6-10(13,7(12)15-5)9(3,4)11(8)14/h13-14H,6H2,1-5H3. The summed E-state index contributed by atoms with van der Waals surface area (Å²) < 4.78 is 4.59. The Bertz CT molecular complexity index is 287. The summed E-state index contributed by atoms with van der Waals surface area (Å²) >= 11 is 0. The van der Waals surface area contributed by atoms with Crippen LogP contribution in [0.3, 0.4) is 0 Å². The number of carbonyl (C=O) groups is 1. The molecule has 5 heteroatoms. The molecule has 0 aromatic rings. The highest BCUT2D eigenvalue weighted by atomic mass is 16.6. The molecule has 1 rings (SSSR count). The number of carbonyl (C=O) groups excluding carboxylic acids is 1. The van der Waals surface area contributed by atoms with Crippen molar-refractivity contribution in [2.24, 2.45) is 0 Å². The minimum atomic E-state index is -1.68. The highest BCUT2D eigenvalue weighted by Crippen LogP contribution is 2.46. The van der Waals surface area contributed by atoms with Crippen LogP contribution in [0.15, 0.2) is 0 Å². The fourth-order valence-corrected chi connectivity index (χ4v) is 2.34. The predicted octanol–water partition coefficient (Wildman–Crippen LogP) is 0.543. The molecule has 88 valence electrons. The molecule has 0 aromatic carbocycles. The molecule has 1 aliphatic heterocycles. The average molecular weight is 217 g/mol. The molecule has 1 heterocycles. The Hall–Kier alpha value is -0.650. The van der Waals surface area contributed by atoms with Crippen molar-refractivity contribution in [3.8, 4) is 0 Å². The minimum Gasteiger partial charge on any atom is -0.467 e. The van der Waals surface area contributed by atoms with Gasteiger partial charge in [0.15, 0.2) is 5.60 Å². The first-order chi connectivity index (χ1) is 6.59. The van der Waals surface area contributed by atoms with Crippen LogP contribution >= 0.6 is 0 Å². The molecule has 1 fully saturated rings. The number of hydrogen-bond acceptors (Lipinski definition) is 5. The zero-order chi connectivity index (χ0) is 12.1. The number of ether oxygens (including phenoxy) is 1. The summed E-state index contributed by atoms with van der Waals surface area (Å²) in [4.78, 5) is 11.6. The van der Waals surface area contributed by atoms with Crippen LogP contribution in [0, 0.1) is 0 Å². The van der Waals surface area contributed by atoms with Gasteiger partial charge in [-0.3, -0.25) is 0 Å². The third kappa shape index (κ3) is 1.46. The lowest BCUT2D eigenvalue weighted by Gasteiger charge is -2.37. The molecular formula is C10H19NO4. The second-order valence-electron chi connectivity index (χ2n) is 5.21. The smallest absolute Gasteiger partial charge is 0.339 e. The monoisotopic (exact) mass is 217 g/mol. The second kappa shape index (κ2) is 3.17. The van der Waals surface area contributed by atoms with E-state index in [9.17, 15) is 15.1 Å². The predicted molar refractivity (Wildman–Crippen MR) is 53.4 cm³/mol. The maximum absolute atomic E-state index is 11.6. The van der Waals surface area contributed by atoms with E-state index >= 15 is 0 Å². The van der Waals surface area contributed by atoms with Gasteiger partial charge in [-0.05, 0) is 27.7 Å². The summed E-state index contributed by atoms with van der Waals surface area (Å²) in [6, 6.07) is 0. The van der Waals surface area contributed by atoms with Crippen molar-refractivity contribution in [2.75, 3.05) is 7.11 Å². The van der Waals surface area contributed by atoms with Crippen molar-refractivity contribution in [1.82, 2.24) is 5.06 Å². The molecule has 1 atom stereocenters. The van der Waals surface area contributed by atoms with Gasteiger partial charge in [-0.1, -0.05) is 0 Å². The van der Waals surface area contributed by atoms with Crippen LogP contribution in [0.1, 0.15) is 34.1 Å². The zero-order valence-corrected chi connectivity index (χ0v) is 9.87. The number of nitrogens with zero attached hydrogens (tertiary/aromatic N) is 1. The van der Waals surface area contributed by atoms with E-state index in [-0.39, 0.29) is 6.42 Å². The van der Waals surface area contributed by atoms with Gasteiger partial charge < -0.3 is 15.1 Å². The molecular weight excluding hydrogens is 198 g/mol. The molecule has 0 aromatic heterocycles. The normalized spacial score (nSPS) is 34.1. The Balaban J connectivity index is 3.18. The van der Waals surface area contributed by atoms with Crippen molar-refractivity contribution in [3.05, 3.63) is 0 Å². The number of methoxy groups -OCH3 is 1. The summed E-state index contributed by atoms with van der Waals surface area (Å²) in [5.41, 5.74) is -3.41. The fraction of sp³-hybridized carbons (Fsp3) is 0.900. The average Bonchev–Trinajstić information content (AvgIpc) is 2.24. The maximum Gasteiger partial charge on any atom is 0.339 e. The molecule has 1 aliphatic rings. The molecule has 15 heavy (non-hydrogen) atoms. The quantitative estimate of drug-likeness (QED) is 0.627. The summed E-state index contributed by atoms with van der Waals surface area (Å²) in [6.07, 6.45) is 0.135. The summed E-state index contributed by atoms with van der Waals surface area (Å²) in [6.45, 7) is 6.74. The summed E-state index contributed by atoms with van der Waals surface area (Å²) in [5.74, 6) is -0.711. The van der Waals surface area contributed by atoms with Gasteiger partial charge in [-0.25, -0.2) is 4.79 Å². The van der Waals surface area contributed by atoms with Gasteiger partial charge in [0.1, 0.15) is 0 Å². The number of aliphatic hydroxyl groups is 1. The van der Waals surface area contributed by atoms with Gasteiger partial charge in [0, 0.05) is 12.0 Å². The van der Waals surface area contributed by atoms with E-state index in [1.54, 1.807) is 27.7 Å². The number of esters is 1. The maximum atomic E-state index is 11.6. The number of hydrogen-bond donors (Lipinski definition) is 2. The first-order valence-corrected chi connectivity index (χ1v) is 4.89. The van der Waals surface area contributed by atoms with Crippen molar-refractivity contribution < 1.29 is 19.8 Å². The SMILES string of the molecule is COC(=O)C1(O)CC(C)(C)N(O)C1(C)C. The summed E-state index contributed by atoms with van der Waals surface area (Å²) in [5, 5.41) is 21.3. The summed E-state index contributed by atoms with van der Waals surface area (Å²) in [7, 11) is 1.23. The van der Waals surface area contributed by atoms with E-state index in [2.05, 4.69) is 4.74 Å². The lowest BCUT2D eigenvalue weighted by molar-refractivity contribution is -0.219. The number of rotatable bonds is 1. The fourth-order valence-electron chi connectivity index (χ4n) is 2.34. The Kier molecular flexibility index (Phi) is 2.62. The third-order valence-electron chi connectivity index (χ3n) is 3.33. The largest absolute Gasteiger partial charge is 0.467 e. The molecule has 2 N–H and O–H groups in total. The topological polar surface area (TPSA) is 70.0 Å². The van der Waals surface area contributed by atoms with E-state index < -0.39 is 22.6 Å². The van der Waals surface area contributed by atoms with Crippen LogP contribution in [-0.4, -0.2) is 45.1 Å². The lowest BCUT2D eigenvalue weighted by atomic mass is 9.82.